The lowest BCUT2D eigenvalue weighted by molar-refractivity contribution is 0.340. The molecule has 0 aliphatic carbocycles. The van der Waals surface area contributed by atoms with E-state index >= 15 is 0 Å². The first-order valence-corrected chi connectivity index (χ1v) is 7.21. The van der Waals surface area contributed by atoms with Crippen LogP contribution in [0.2, 0.25) is 0 Å². The van der Waals surface area contributed by atoms with Gasteiger partial charge in [0.2, 0.25) is 0 Å². The fourth-order valence-electron chi connectivity index (χ4n) is 1.77. The smallest absolute Gasteiger partial charge is 0.119 e. The maximum Gasteiger partial charge on any atom is 0.119 e. The molecular formula is C15H19NOS. The van der Waals surface area contributed by atoms with Crippen LogP contribution in [0.15, 0.2) is 41.8 Å². The van der Waals surface area contributed by atoms with Gasteiger partial charge in [-0.15, -0.1) is 11.3 Å². The topological polar surface area (TPSA) is 21.3 Å². The van der Waals surface area contributed by atoms with Gasteiger partial charge in [-0.3, -0.25) is 0 Å². The van der Waals surface area contributed by atoms with Crippen molar-refractivity contribution in [3.05, 3.63) is 52.2 Å². The molecule has 2 aromatic rings. The molecule has 0 saturated heterocycles. The first-order valence-electron chi connectivity index (χ1n) is 6.33. The number of benzene rings is 1. The number of hydrogen-bond acceptors (Lipinski definition) is 3. The first kappa shape index (κ1) is 13.1. The molecular weight excluding hydrogens is 242 g/mol. The van der Waals surface area contributed by atoms with Crippen LogP contribution in [0.5, 0.6) is 5.75 Å². The van der Waals surface area contributed by atoms with E-state index in [2.05, 4.69) is 35.0 Å². The summed E-state index contributed by atoms with van der Waals surface area (Å²) in [5.41, 5.74) is 1.30. The van der Waals surface area contributed by atoms with Gasteiger partial charge >= 0.3 is 0 Å². The van der Waals surface area contributed by atoms with E-state index < -0.39 is 0 Å². The summed E-state index contributed by atoms with van der Waals surface area (Å²) in [6.07, 6.45) is 1.11. The molecule has 0 radical (unpaired) electrons. The van der Waals surface area contributed by atoms with E-state index in [-0.39, 0.29) is 0 Å². The minimum absolute atomic E-state index is 0.721. The van der Waals surface area contributed by atoms with Gasteiger partial charge in [-0.05, 0) is 42.5 Å². The van der Waals surface area contributed by atoms with Crippen LogP contribution < -0.4 is 10.1 Å². The fourth-order valence-corrected chi connectivity index (χ4v) is 2.48. The second-order valence-corrected chi connectivity index (χ2v) is 5.12. The van der Waals surface area contributed by atoms with Crippen molar-refractivity contribution in [1.82, 2.24) is 5.32 Å². The van der Waals surface area contributed by atoms with E-state index in [9.17, 15) is 0 Å². The van der Waals surface area contributed by atoms with Gasteiger partial charge in [-0.25, -0.2) is 0 Å². The molecule has 96 valence electrons. The van der Waals surface area contributed by atoms with Gasteiger partial charge in [0.25, 0.3) is 0 Å². The molecule has 0 spiro atoms. The lowest BCUT2D eigenvalue weighted by Crippen LogP contribution is -2.16. The van der Waals surface area contributed by atoms with Gasteiger partial charge in [0, 0.05) is 18.0 Å². The van der Waals surface area contributed by atoms with E-state index in [1.807, 2.05) is 30.4 Å². The van der Waals surface area contributed by atoms with Crippen LogP contribution >= 0.6 is 11.3 Å². The molecule has 18 heavy (non-hydrogen) atoms. The third-order valence-electron chi connectivity index (χ3n) is 2.69. The van der Waals surface area contributed by atoms with Gasteiger partial charge in [0.05, 0.1) is 6.61 Å². The van der Waals surface area contributed by atoms with E-state index in [1.54, 1.807) is 0 Å². The zero-order valence-electron chi connectivity index (χ0n) is 10.7. The Morgan fingerprint density at radius 2 is 2.00 bits per heavy atom. The Bertz CT molecular complexity index is 436. The van der Waals surface area contributed by atoms with Crippen LogP contribution in [-0.2, 0) is 13.0 Å². The summed E-state index contributed by atoms with van der Waals surface area (Å²) >= 11 is 1.82. The van der Waals surface area contributed by atoms with Crippen LogP contribution in [0.4, 0.5) is 0 Å². The average Bonchev–Trinajstić information content (AvgIpc) is 2.90. The van der Waals surface area contributed by atoms with Crippen molar-refractivity contribution >= 4 is 11.3 Å². The molecule has 0 atom stereocenters. The molecule has 1 N–H and O–H groups in total. The normalized spacial score (nSPS) is 10.5. The molecule has 1 heterocycles. The molecule has 0 aliphatic heterocycles. The van der Waals surface area contributed by atoms with Gasteiger partial charge in [-0.1, -0.05) is 18.2 Å². The monoisotopic (exact) mass is 261 g/mol. The highest BCUT2D eigenvalue weighted by Gasteiger charge is 1.96. The zero-order valence-corrected chi connectivity index (χ0v) is 11.5. The first-order chi connectivity index (χ1) is 8.88. The van der Waals surface area contributed by atoms with Crippen molar-refractivity contribution in [2.75, 3.05) is 13.2 Å². The summed E-state index contributed by atoms with van der Waals surface area (Å²) < 4.78 is 5.42. The second kappa shape index (κ2) is 7.19. The molecule has 2 nitrogen and oxygen atoms in total. The molecule has 3 heteroatoms. The summed E-state index contributed by atoms with van der Waals surface area (Å²) in [7, 11) is 0. The molecule has 0 aliphatic rings. The van der Waals surface area contributed by atoms with E-state index in [4.69, 9.17) is 4.74 Å². The van der Waals surface area contributed by atoms with Crippen molar-refractivity contribution in [1.29, 1.82) is 0 Å². The van der Waals surface area contributed by atoms with E-state index in [1.165, 1.54) is 10.4 Å². The third kappa shape index (κ3) is 4.17. The van der Waals surface area contributed by atoms with E-state index in [0.29, 0.717) is 0 Å². The summed E-state index contributed by atoms with van der Waals surface area (Å²) in [5.74, 6) is 0.944. The maximum absolute atomic E-state index is 5.42. The zero-order chi connectivity index (χ0) is 12.6. The van der Waals surface area contributed by atoms with Gasteiger partial charge in [0.1, 0.15) is 5.75 Å². The SMILES string of the molecule is CCOc1ccc(CNCCc2cccs2)cc1. The lowest BCUT2D eigenvalue weighted by atomic mass is 10.2. The highest BCUT2D eigenvalue weighted by atomic mass is 32.1. The van der Waals surface area contributed by atoms with Crippen LogP contribution in [0.25, 0.3) is 0 Å². The average molecular weight is 261 g/mol. The minimum Gasteiger partial charge on any atom is -0.494 e. The number of ether oxygens (including phenoxy) is 1. The van der Waals surface area contributed by atoms with Gasteiger partial charge < -0.3 is 10.1 Å². The summed E-state index contributed by atoms with van der Waals surface area (Å²) in [6, 6.07) is 12.6. The van der Waals surface area contributed by atoms with Crippen molar-refractivity contribution in [2.24, 2.45) is 0 Å². The Morgan fingerprint density at radius 3 is 2.67 bits per heavy atom. The Labute approximate surface area is 113 Å². The van der Waals surface area contributed by atoms with Crippen molar-refractivity contribution in [3.8, 4) is 5.75 Å². The molecule has 0 unspecified atom stereocenters. The molecule has 1 aromatic carbocycles. The predicted molar refractivity (Wildman–Crippen MR) is 77.3 cm³/mol. The lowest BCUT2D eigenvalue weighted by Gasteiger charge is -2.06. The Kier molecular flexibility index (Phi) is 5.24. The molecule has 1 aromatic heterocycles. The van der Waals surface area contributed by atoms with Gasteiger partial charge in [0.15, 0.2) is 0 Å². The number of hydrogen-bond donors (Lipinski definition) is 1. The third-order valence-corrected chi connectivity index (χ3v) is 3.63. The van der Waals surface area contributed by atoms with Crippen molar-refractivity contribution in [3.63, 3.8) is 0 Å². The molecule has 2 rings (SSSR count). The molecule has 0 bridgehead atoms. The van der Waals surface area contributed by atoms with Crippen LogP contribution in [0.1, 0.15) is 17.4 Å². The van der Waals surface area contributed by atoms with Crippen molar-refractivity contribution in [2.45, 2.75) is 19.9 Å². The summed E-state index contributed by atoms with van der Waals surface area (Å²) in [6.45, 7) is 4.66. The quantitative estimate of drug-likeness (QED) is 0.770. The highest BCUT2D eigenvalue weighted by Crippen LogP contribution is 2.12. The Hall–Kier alpha value is -1.32. The molecule has 0 saturated carbocycles. The molecule has 0 fully saturated rings. The van der Waals surface area contributed by atoms with E-state index in [0.717, 1.165) is 31.9 Å². The van der Waals surface area contributed by atoms with Crippen LogP contribution in [0.3, 0.4) is 0 Å². The van der Waals surface area contributed by atoms with Crippen LogP contribution in [0, 0.1) is 0 Å². The highest BCUT2D eigenvalue weighted by molar-refractivity contribution is 7.09. The maximum atomic E-state index is 5.42. The Balaban J connectivity index is 1.69. The minimum atomic E-state index is 0.721. The Morgan fingerprint density at radius 1 is 1.17 bits per heavy atom. The van der Waals surface area contributed by atoms with Crippen molar-refractivity contribution < 1.29 is 4.74 Å². The van der Waals surface area contributed by atoms with Crippen LogP contribution in [-0.4, -0.2) is 13.2 Å². The van der Waals surface area contributed by atoms with Gasteiger partial charge in [-0.2, -0.15) is 0 Å². The largest absolute Gasteiger partial charge is 0.494 e. The second-order valence-electron chi connectivity index (χ2n) is 4.08. The number of thiophene rings is 1. The predicted octanol–water partition coefficient (Wildman–Crippen LogP) is 3.48. The number of nitrogens with one attached hydrogen (secondary N) is 1. The number of rotatable bonds is 7. The summed E-state index contributed by atoms with van der Waals surface area (Å²) in [5, 5.41) is 5.58. The fraction of sp³-hybridized carbons (Fsp3) is 0.333. The standard InChI is InChI=1S/C15H19NOS/c1-2-17-14-7-5-13(6-8-14)12-16-10-9-15-4-3-11-18-15/h3-8,11,16H,2,9-10,12H2,1H3. The molecule has 0 amide bonds. The summed E-state index contributed by atoms with van der Waals surface area (Å²) in [4.78, 5) is 1.44.